The fraction of sp³-hybridized carbons (Fsp3) is 0.250. The Labute approximate surface area is 127 Å². The molecule has 0 radical (unpaired) electrons. The first-order chi connectivity index (χ1) is 9.60. The summed E-state index contributed by atoms with van der Waals surface area (Å²) in [6.07, 6.45) is 0. The summed E-state index contributed by atoms with van der Waals surface area (Å²) < 4.78 is 19.0. The van der Waals surface area contributed by atoms with Gasteiger partial charge in [0, 0.05) is 12.6 Å². The van der Waals surface area contributed by atoms with Crippen LogP contribution in [0.2, 0.25) is 0 Å². The highest BCUT2D eigenvalue weighted by molar-refractivity contribution is 9.10. The molecule has 1 atom stereocenters. The van der Waals surface area contributed by atoms with Crippen molar-refractivity contribution in [1.29, 1.82) is 0 Å². The molecule has 0 aliphatic heterocycles. The fourth-order valence-electron chi connectivity index (χ4n) is 1.93. The minimum atomic E-state index is -0.235. The van der Waals surface area contributed by atoms with Crippen LogP contribution in [0.4, 0.5) is 4.39 Å². The maximum Gasteiger partial charge on any atom is 0.137 e. The molecule has 2 aromatic carbocycles. The molecule has 106 valence electrons. The second-order valence-electron chi connectivity index (χ2n) is 4.62. The normalized spacial score (nSPS) is 12.2. The van der Waals surface area contributed by atoms with Gasteiger partial charge in [-0.25, -0.2) is 4.39 Å². The molecule has 0 aliphatic carbocycles. The van der Waals surface area contributed by atoms with Crippen molar-refractivity contribution in [1.82, 2.24) is 5.32 Å². The Morgan fingerprint density at radius 1 is 1.20 bits per heavy atom. The summed E-state index contributed by atoms with van der Waals surface area (Å²) in [6, 6.07) is 13.3. The van der Waals surface area contributed by atoms with Gasteiger partial charge in [-0.2, -0.15) is 0 Å². The number of hydrogen-bond acceptors (Lipinski definition) is 2. The average Bonchev–Trinajstić information content (AvgIpc) is 2.48. The molecule has 2 rings (SSSR count). The molecular formula is C16H17BrFNO. The minimum absolute atomic E-state index is 0.188. The van der Waals surface area contributed by atoms with E-state index in [1.165, 1.54) is 11.6 Å². The summed E-state index contributed by atoms with van der Waals surface area (Å²) in [5, 5.41) is 3.38. The van der Waals surface area contributed by atoms with Crippen molar-refractivity contribution >= 4 is 15.9 Å². The zero-order valence-electron chi connectivity index (χ0n) is 11.5. The van der Waals surface area contributed by atoms with Gasteiger partial charge in [0.05, 0.1) is 11.6 Å². The fourth-order valence-corrected chi connectivity index (χ4v) is 2.18. The van der Waals surface area contributed by atoms with Gasteiger partial charge in [-0.05, 0) is 58.2 Å². The summed E-state index contributed by atoms with van der Waals surface area (Å²) in [4.78, 5) is 0. The highest BCUT2D eigenvalue weighted by atomic mass is 79.9. The molecule has 0 aliphatic rings. The minimum Gasteiger partial charge on any atom is -0.497 e. The summed E-state index contributed by atoms with van der Waals surface area (Å²) in [5.74, 6) is 0.609. The van der Waals surface area contributed by atoms with Gasteiger partial charge < -0.3 is 10.1 Å². The molecule has 1 N–H and O–H groups in total. The topological polar surface area (TPSA) is 21.3 Å². The number of ether oxygens (including phenoxy) is 1. The van der Waals surface area contributed by atoms with Crippen molar-refractivity contribution in [2.45, 2.75) is 19.5 Å². The number of nitrogens with one attached hydrogen (secondary N) is 1. The van der Waals surface area contributed by atoms with Gasteiger partial charge in [-0.1, -0.05) is 18.2 Å². The van der Waals surface area contributed by atoms with Crippen LogP contribution in [0.5, 0.6) is 5.75 Å². The van der Waals surface area contributed by atoms with Gasteiger partial charge in [-0.15, -0.1) is 0 Å². The molecule has 2 nitrogen and oxygen atoms in total. The van der Waals surface area contributed by atoms with Crippen LogP contribution in [0.1, 0.15) is 24.1 Å². The van der Waals surface area contributed by atoms with Gasteiger partial charge in [0.1, 0.15) is 11.6 Å². The summed E-state index contributed by atoms with van der Waals surface area (Å²) >= 11 is 3.15. The van der Waals surface area contributed by atoms with Gasteiger partial charge >= 0.3 is 0 Å². The van der Waals surface area contributed by atoms with Crippen molar-refractivity contribution in [3.63, 3.8) is 0 Å². The van der Waals surface area contributed by atoms with Crippen molar-refractivity contribution in [2.75, 3.05) is 7.11 Å². The van der Waals surface area contributed by atoms with Gasteiger partial charge in [0.25, 0.3) is 0 Å². The number of hydrogen-bond donors (Lipinski definition) is 1. The molecule has 2 aromatic rings. The van der Waals surface area contributed by atoms with Crippen LogP contribution in [-0.2, 0) is 6.54 Å². The monoisotopic (exact) mass is 337 g/mol. The maximum atomic E-state index is 13.4. The van der Waals surface area contributed by atoms with E-state index in [4.69, 9.17) is 4.74 Å². The van der Waals surface area contributed by atoms with Crippen LogP contribution in [0.15, 0.2) is 46.9 Å². The van der Waals surface area contributed by atoms with Crippen molar-refractivity contribution in [3.8, 4) is 5.75 Å². The van der Waals surface area contributed by atoms with Gasteiger partial charge in [0.15, 0.2) is 0 Å². The average molecular weight is 338 g/mol. The highest BCUT2D eigenvalue weighted by Crippen LogP contribution is 2.19. The van der Waals surface area contributed by atoms with E-state index in [1.807, 2.05) is 30.3 Å². The predicted octanol–water partition coefficient (Wildman–Crippen LogP) is 4.45. The molecule has 0 bridgehead atoms. The van der Waals surface area contributed by atoms with Crippen molar-refractivity contribution in [3.05, 3.63) is 63.9 Å². The smallest absolute Gasteiger partial charge is 0.137 e. The third-order valence-electron chi connectivity index (χ3n) is 3.21. The van der Waals surface area contributed by atoms with Crippen LogP contribution in [0.3, 0.4) is 0 Å². The summed E-state index contributed by atoms with van der Waals surface area (Å²) in [6.45, 7) is 2.70. The lowest BCUT2D eigenvalue weighted by Gasteiger charge is -2.15. The molecule has 0 amide bonds. The van der Waals surface area contributed by atoms with E-state index in [2.05, 4.69) is 28.2 Å². The second-order valence-corrected chi connectivity index (χ2v) is 5.48. The molecule has 0 heterocycles. The van der Waals surface area contributed by atoms with Crippen LogP contribution in [0, 0.1) is 5.82 Å². The lowest BCUT2D eigenvalue weighted by atomic mass is 10.1. The predicted molar refractivity (Wildman–Crippen MR) is 82.3 cm³/mol. The van der Waals surface area contributed by atoms with Crippen LogP contribution in [0.25, 0.3) is 0 Å². The Morgan fingerprint density at radius 3 is 2.50 bits per heavy atom. The largest absolute Gasteiger partial charge is 0.497 e. The zero-order valence-corrected chi connectivity index (χ0v) is 13.1. The molecule has 20 heavy (non-hydrogen) atoms. The van der Waals surface area contributed by atoms with E-state index in [1.54, 1.807) is 13.2 Å². The Balaban J connectivity index is 1.96. The van der Waals surface area contributed by atoms with E-state index in [0.717, 1.165) is 11.3 Å². The van der Waals surface area contributed by atoms with E-state index >= 15 is 0 Å². The Bertz CT molecular complexity index is 571. The van der Waals surface area contributed by atoms with Crippen molar-refractivity contribution < 1.29 is 9.13 Å². The molecule has 4 heteroatoms. The van der Waals surface area contributed by atoms with E-state index in [-0.39, 0.29) is 11.9 Å². The van der Waals surface area contributed by atoms with E-state index in [9.17, 15) is 4.39 Å². The second kappa shape index (κ2) is 6.86. The molecule has 0 saturated heterocycles. The maximum absolute atomic E-state index is 13.4. The Morgan fingerprint density at radius 2 is 1.90 bits per heavy atom. The first-order valence-corrected chi connectivity index (χ1v) is 7.20. The first-order valence-electron chi connectivity index (χ1n) is 6.41. The van der Waals surface area contributed by atoms with Crippen LogP contribution >= 0.6 is 15.9 Å². The number of halogens is 2. The summed E-state index contributed by atoms with van der Waals surface area (Å²) in [5.41, 5.74) is 2.09. The molecule has 0 saturated carbocycles. The number of rotatable bonds is 5. The molecular weight excluding hydrogens is 321 g/mol. The first kappa shape index (κ1) is 15.0. The quantitative estimate of drug-likeness (QED) is 0.870. The molecule has 0 spiro atoms. The standard InChI is InChI=1S/C16H17BrFNO/c1-11(13-4-6-14(20-2)7-5-13)19-10-12-3-8-15(17)16(18)9-12/h3-9,11,19H,10H2,1-2H3. The van der Waals surface area contributed by atoms with Gasteiger partial charge in [0.2, 0.25) is 0 Å². The lowest BCUT2D eigenvalue weighted by molar-refractivity contribution is 0.414. The Kier molecular flexibility index (Phi) is 5.15. The SMILES string of the molecule is COc1ccc(C(C)NCc2ccc(Br)c(F)c2)cc1. The lowest BCUT2D eigenvalue weighted by Crippen LogP contribution is -2.18. The molecule has 1 unspecified atom stereocenters. The molecule has 0 aromatic heterocycles. The zero-order chi connectivity index (χ0) is 14.5. The third-order valence-corrected chi connectivity index (χ3v) is 3.86. The third kappa shape index (κ3) is 3.81. The molecule has 0 fully saturated rings. The van der Waals surface area contributed by atoms with Crippen LogP contribution in [-0.4, -0.2) is 7.11 Å². The van der Waals surface area contributed by atoms with Crippen LogP contribution < -0.4 is 10.1 Å². The van der Waals surface area contributed by atoms with E-state index in [0.29, 0.717) is 11.0 Å². The highest BCUT2D eigenvalue weighted by Gasteiger charge is 2.06. The Hall–Kier alpha value is -1.39. The van der Waals surface area contributed by atoms with E-state index < -0.39 is 0 Å². The number of methoxy groups -OCH3 is 1. The van der Waals surface area contributed by atoms with Gasteiger partial charge in [-0.3, -0.25) is 0 Å². The van der Waals surface area contributed by atoms with Crippen molar-refractivity contribution in [2.24, 2.45) is 0 Å². The summed E-state index contributed by atoms with van der Waals surface area (Å²) in [7, 11) is 1.65. The number of benzene rings is 2.